The van der Waals surface area contributed by atoms with Gasteiger partial charge in [-0.05, 0) is 139 Å². The molecular weight excluding hydrogens is 1050 g/mol. The largest absolute Gasteiger partial charge is 0.492 e. The highest BCUT2D eigenvalue weighted by Crippen LogP contribution is 2.35. The van der Waals surface area contributed by atoms with Crippen molar-refractivity contribution >= 4 is 23.4 Å². The van der Waals surface area contributed by atoms with Crippen molar-refractivity contribution in [3.63, 3.8) is 0 Å². The van der Waals surface area contributed by atoms with Crippen LogP contribution >= 0.6 is 11.6 Å². The summed E-state index contributed by atoms with van der Waals surface area (Å²) in [5.74, 6) is 2.81. The Morgan fingerprint density at radius 3 is 1.40 bits per heavy atom. The zero-order valence-electron chi connectivity index (χ0n) is 49.4. The number of benzene rings is 5. The molecule has 436 valence electrons. The van der Waals surface area contributed by atoms with Crippen LogP contribution in [0, 0.1) is 0 Å². The number of methoxy groups -OCH3 is 1. The number of carbonyl (C=O) groups excluding carboxylic acids is 2. The molecule has 82 heavy (non-hydrogen) atoms. The Kier molecular flexibility index (Phi) is 25.7. The van der Waals surface area contributed by atoms with Crippen LogP contribution in [0.1, 0.15) is 90.3 Å². The van der Waals surface area contributed by atoms with Gasteiger partial charge in [-0.2, -0.15) is 15.3 Å². The van der Waals surface area contributed by atoms with E-state index in [0.717, 1.165) is 103 Å². The topological polar surface area (TPSA) is 182 Å². The number of unbranched alkanes of at least 4 members (excludes halogenated alkanes) is 1. The molecule has 3 heterocycles. The SMILES string of the molecule is CCCCN(C)Cc1cn[nH]c1-c1ccc(OCCCOC)c(Cl)c1.CCCN(C)Cc1cn[nH]c1-c1ccc(Oc2ccccc2)c(C(=O)N(C)C)c1.CCCN(C)Cc1cn[nH]c1-c1ccc(Oc2ccccc2)c(C(=O)NC)c1. The van der Waals surface area contributed by atoms with Gasteiger partial charge in [0, 0.05) is 94.3 Å². The van der Waals surface area contributed by atoms with E-state index < -0.39 is 0 Å². The molecule has 18 heteroatoms. The van der Waals surface area contributed by atoms with Crippen molar-refractivity contribution in [3.05, 3.63) is 167 Å². The average molecular weight is 1140 g/mol. The number of nitrogens with zero attached hydrogens (tertiary/aromatic N) is 7. The Morgan fingerprint density at radius 1 is 0.537 bits per heavy atom. The first kappa shape index (κ1) is 63.4. The molecule has 4 N–H and O–H groups in total. The van der Waals surface area contributed by atoms with Gasteiger partial charge in [-0.3, -0.25) is 24.9 Å². The van der Waals surface area contributed by atoms with Crippen molar-refractivity contribution < 1.29 is 28.5 Å². The summed E-state index contributed by atoms with van der Waals surface area (Å²) in [5, 5.41) is 25.2. The Bertz CT molecular complexity index is 3180. The van der Waals surface area contributed by atoms with Crippen molar-refractivity contribution in [2.75, 3.05) is 82.2 Å². The highest BCUT2D eigenvalue weighted by atomic mass is 35.5. The van der Waals surface area contributed by atoms with Crippen LogP contribution in [0.25, 0.3) is 33.8 Å². The van der Waals surface area contributed by atoms with Crippen molar-refractivity contribution in [2.45, 2.75) is 72.5 Å². The summed E-state index contributed by atoms with van der Waals surface area (Å²) < 4.78 is 22.7. The summed E-state index contributed by atoms with van der Waals surface area (Å²) in [6.07, 6.45) is 11.0. The van der Waals surface area contributed by atoms with Crippen LogP contribution in [0.3, 0.4) is 0 Å². The number of ether oxygens (including phenoxy) is 4. The van der Waals surface area contributed by atoms with E-state index >= 15 is 0 Å². The number of halogens is 1. The fourth-order valence-electron chi connectivity index (χ4n) is 9.00. The third-order valence-corrected chi connectivity index (χ3v) is 13.4. The van der Waals surface area contributed by atoms with Crippen LogP contribution in [0.5, 0.6) is 28.7 Å². The molecule has 0 unspecified atom stereocenters. The Hall–Kier alpha value is -7.80. The molecule has 8 rings (SSSR count). The number of hydrogen-bond acceptors (Lipinski definition) is 12. The monoisotopic (exact) mass is 1140 g/mol. The first-order valence-corrected chi connectivity index (χ1v) is 28.4. The Balaban J connectivity index is 0.000000198. The number of aromatic amines is 3. The molecule has 8 aromatic rings. The summed E-state index contributed by atoms with van der Waals surface area (Å²) in [4.78, 5) is 33.7. The number of carbonyl (C=O) groups is 2. The fraction of sp³-hybridized carbons (Fsp3) is 0.359. The van der Waals surface area contributed by atoms with Crippen LogP contribution in [0.2, 0.25) is 5.02 Å². The summed E-state index contributed by atoms with van der Waals surface area (Å²) in [7, 11) is 13.1. The quantitative estimate of drug-likeness (QED) is 0.0358. The minimum Gasteiger partial charge on any atom is -0.492 e. The molecule has 5 aromatic carbocycles. The van der Waals surface area contributed by atoms with Crippen LogP contribution in [0.4, 0.5) is 0 Å². The van der Waals surface area contributed by atoms with Gasteiger partial charge in [0.2, 0.25) is 0 Å². The lowest BCUT2D eigenvalue weighted by Crippen LogP contribution is -2.22. The van der Waals surface area contributed by atoms with Gasteiger partial charge in [-0.25, -0.2) is 0 Å². The highest BCUT2D eigenvalue weighted by Gasteiger charge is 2.21. The molecule has 0 radical (unpaired) electrons. The Morgan fingerprint density at radius 2 is 0.976 bits per heavy atom. The third-order valence-electron chi connectivity index (χ3n) is 13.1. The van der Waals surface area contributed by atoms with E-state index in [9.17, 15) is 9.59 Å². The Labute approximate surface area is 489 Å². The second kappa shape index (κ2) is 33.2. The zero-order chi connectivity index (χ0) is 58.8. The molecular formula is C64H82ClN11O6. The average Bonchev–Trinajstić information content (AvgIpc) is 4.43. The van der Waals surface area contributed by atoms with E-state index in [2.05, 4.69) is 92.5 Å². The van der Waals surface area contributed by atoms with Gasteiger partial charge >= 0.3 is 0 Å². The van der Waals surface area contributed by atoms with Gasteiger partial charge in [-0.1, -0.05) is 75.2 Å². The highest BCUT2D eigenvalue weighted by molar-refractivity contribution is 6.32. The lowest BCUT2D eigenvalue weighted by atomic mass is 10.0. The standard InChI is InChI=1S/C23H28N4O2.C22H26N4O2.C19H28ClN3O2/c1-5-13-27(4)16-18-15-24-25-22(18)17-11-12-21(20(14-17)23(28)26(2)3)29-19-9-7-6-8-10-19;1-4-12-26(3)15-17-14-24-25-21(17)16-10-11-20(19(13-16)22(27)23-2)28-18-8-6-5-7-9-18;1-4-5-9-23(2)14-16-13-21-22-19(16)15-7-8-18(17(20)12-15)25-11-6-10-24-3/h6-12,14-15H,5,13,16H2,1-4H3,(H,24,25);5-11,13-14H,4,12,15H2,1-3H3,(H,23,27)(H,24,25);7-8,12-13H,4-6,9-11,14H2,1-3H3,(H,21,22). The first-order chi connectivity index (χ1) is 39.8. The summed E-state index contributed by atoms with van der Waals surface area (Å²) >= 11 is 6.38. The second-order valence-electron chi connectivity index (χ2n) is 20.2. The zero-order valence-corrected chi connectivity index (χ0v) is 50.1. The van der Waals surface area contributed by atoms with Crippen LogP contribution in [0.15, 0.2) is 134 Å². The smallest absolute Gasteiger partial charge is 0.257 e. The third kappa shape index (κ3) is 18.9. The number of para-hydroxylation sites is 2. The predicted molar refractivity (Wildman–Crippen MR) is 328 cm³/mol. The van der Waals surface area contributed by atoms with Crippen molar-refractivity contribution in [2.24, 2.45) is 0 Å². The molecule has 0 saturated carbocycles. The number of aromatic nitrogens is 6. The number of rotatable bonds is 27. The number of amides is 2. The maximum atomic E-state index is 12.8. The first-order valence-electron chi connectivity index (χ1n) is 28.0. The number of hydrogen-bond donors (Lipinski definition) is 4. The van der Waals surface area contributed by atoms with Gasteiger partial charge in [0.1, 0.15) is 28.7 Å². The van der Waals surface area contributed by atoms with E-state index in [4.69, 9.17) is 30.5 Å². The van der Waals surface area contributed by atoms with Gasteiger partial charge in [0.05, 0.1) is 58.4 Å². The van der Waals surface area contributed by atoms with E-state index in [0.29, 0.717) is 58.1 Å². The number of H-pyrrole nitrogens is 3. The van der Waals surface area contributed by atoms with E-state index in [-0.39, 0.29) is 11.8 Å². The maximum absolute atomic E-state index is 12.8. The molecule has 0 spiro atoms. The minimum atomic E-state index is -0.197. The normalized spacial score (nSPS) is 11.0. The molecule has 0 fully saturated rings. The fourth-order valence-corrected chi connectivity index (χ4v) is 9.24. The van der Waals surface area contributed by atoms with Gasteiger partial charge in [0.15, 0.2) is 0 Å². The van der Waals surface area contributed by atoms with E-state index in [1.165, 1.54) is 18.4 Å². The molecule has 3 aromatic heterocycles. The molecule has 2 amide bonds. The molecule has 0 atom stereocenters. The van der Waals surface area contributed by atoms with E-state index in [1.54, 1.807) is 33.2 Å². The minimum absolute atomic E-state index is 0.109. The summed E-state index contributed by atoms with van der Waals surface area (Å²) in [6.45, 7) is 13.3. The molecule has 0 aliphatic carbocycles. The summed E-state index contributed by atoms with van der Waals surface area (Å²) in [6, 6.07) is 36.1. The van der Waals surface area contributed by atoms with Gasteiger partial charge in [0.25, 0.3) is 11.8 Å². The van der Waals surface area contributed by atoms with Crippen LogP contribution in [-0.2, 0) is 24.4 Å². The molecule has 0 saturated heterocycles. The molecule has 0 bridgehead atoms. The van der Waals surface area contributed by atoms with Crippen molar-refractivity contribution in [1.82, 2.24) is 55.5 Å². The second-order valence-corrected chi connectivity index (χ2v) is 20.7. The van der Waals surface area contributed by atoms with Gasteiger partial charge < -0.3 is 43.9 Å². The molecule has 17 nitrogen and oxygen atoms in total. The maximum Gasteiger partial charge on any atom is 0.257 e. The predicted octanol–water partition coefficient (Wildman–Crippen LogP) is 12.9. The van der Waals surface area contributed by atoms with Crippen LogP contribution in [-0.4, -0.2) is 144 Å². The number of nitrogens with one attached hydrogen (secondary N) is 4. The van der Waals surface area contributed by atoms with Crippen molar-refractivity contribution in [1.29, 1.82) is 0 Å². The van der Waals surface area contributed by atoms with Crippen LogP contribution < -0.4 is 19.5 Å². The summed E-state index contributed by atoms with van der Waals surface area (Å²) in [5.41, 5.74) is 10.0. The van der Waals surface area contributed by atoms with Gasteiger partial charge in [-0.15, -0.1) is 0 Å². The lowest BCUT2D eigenvalue weighted by Gasteiger charge is -2.17. The van der Waals surface area contributed by atoms with E-state index in [1.807, 2.05) is 134 Å². The lowest BCUT2D eigenvalue weighted by molar-refractivity contribution is 0.0824. The molecule has 0 aliphatic heterocycles. The molecule has 0 aliphatic rings. The van der Waals surface area contributed by atoms with Crippen molar-refractivity contribution in [3.8, 4) is 62.5 Å².